The molecule has 1 fully saturated rings. The summed E-state index contributed by atoms with van der Waals surface area (Å²) >= 11 is 0. The van der Waals surface area contributed by atoms with Crippen molar-refractivity contribution in [1.82, 2.24) is 4.90 Å². The summed E-state index contributed by atoms with van der Waals surface area (Å²) < 4.78 is 31.8. The number of carbonyl (C=O) groups is 1. The number of nitrogens with zero attached hydrogens (tertiary/aromatic N) is 1. The Morgan fingerprint density at radius 2 is 2.00 bits per heavy atom. The van der Waals surface area contributed by atoms with E-state index in [1.165, 1.54) is 4.90 Å². The predicted octanol–water partition coefficient (Wildman–Crippen LogP) is 1.92. The third-order valence-electron chi connectivity index (χ3n) is 3.21. The van der Waals surface area contributed by atoms with Crippen LogP contribution in [0.4, 0.5) is 8.78 Å². The number of phenols is 1. The summed E-state index contributed by atoms with van der Waals surface area (Å²) in [7, 11) is 0. The molecule has 19 heavy (non-hydrogen) atoms. The van der Waals surface area contributed by atoms with E-state index in [1.807, 2.05) is 6.92 Å². The van der Waals surface area contributed by atoms with Crippen molar-refractivity contribution in [2.24, 2.45) is 0 Å². The topological polar surface area (TPSA) is 49.8 Å². The molecule has 1 unspecified atom stereocenters. The van der Waals surface area contributed by atoms with Gasteiger partial charge in [0.2, 0.25) is 0 Å². The van der Waals surface area contributed by atoms with Crippen molar-refractivity contribution in [2.45, 2.75) is 19.4 Å². The first kappa shape index (κ1) is 13.7. The molecule has 0 spiro atoms. The summed E-state index contributed by atoms with van der Waals surface area (Å²) in [5, 5.41) is 9.02. The normalized spacial score (nSPS) is 20.2. The van der Waals surface area contributed by atoms with Crippen LogP contribution in [0.3, 0.4) is 0 Å². The zero-order valence-corrected chi connectivity index (χ0v) is 10.5. The smallest absolute Gasteiger partial charge is 0.254 e. The highest BCUT2D eigenvalue weighted by Crippen LogP contribution is 2.23. The van der Waals surface area contributed by atoms with E-state index in [0.717, 1.165) is 12.1 Å². The van der Waals surface area contributed by atoms with E-state index in [4.69, 9.17) is 9.84 Å². The molecule has 1 saturated heterocycles. The fourth-order valence-electron chi connectivity index (χ4n) is 2.05. The van der Waals surface area contributed by atoms with Gasteiger partial charge in [-0.1, -0.05) is 0 Å². The molecule has 0 saturated carbocycles. The second-order valence-electron chi connectivity index (χ2n) is 4.54. The van der Waals surface area contributed by atoms with Gasteiger partial charge in [-0.15, -0.1) is 0 Å². The number of amides is 1. The van der Waals surface area contributed by atoms with Crippen LogP contribution in [0.25, 0.3) is 0 Å². The van der Waals surface area contributed by atoms with Crippen LogP contribution in [0.1, 0.15) is 23.7 Å². The fraction of sp³-hybridized carbons (Fsp3) is 0.462. The molecule has 1 aliphatic heterocycles. The number of carbonyl (C=O) groups excluding carboxylic acids is 1. The number of hydrogen-bond donors (Lipinski definition) is 1. The zero-order chi connectivity index (χ0) is 14.0. The van der Waals surface area contributed by atoms with Gasteiger partial charge in [0.15, 0.2) is 17.4 Å². The van der Waals surface area contributed by atoms with Gasteiger partial charge in [0.25, 0.3) is 5.91 Å². The molecule has 1 aromatic carbocycles. The molecule has 4 nitrogen and oxygen atoms in total. The lowest BCUT2D eigenvalue weighted by molar-refractivity contribution is 0.0686. The molecule has 1 N–H and O–H groups in total. The number of halogens is 2. The lowest BCUT2D eigenvalue weighted by Gasteiger charge is -2.26. The molecule has 1 amide bonds. The van der Waals surface area contributed by atoms with Crippen LogP contribution in [0, 0.1) is 11.6 Å². The van der Waals surface area contributed by atoms with Gasteiger partial charge in [-0.25, -0.2) is 8.78 Å². The average molecular weight is 271 g/mol. The highest BCUT2D eigenvalue weighted by atomic mass is 19.1. The van der Waals surface area contributed by atoms with E-state index < -0.39 is 23.3 Å². The Balaban J connectivity index is 2.27. The van der Waals surface area contributed by atoms with E-state index >= 15 is 0 Å². The van der Waals surface area contributed by atoms with Gasteiger partial charge in [0, 0.05) is 24.8 Å². The van der Waals surface area contributed by atoms with Gasteiger partial charge >= 0.3 is 0 Å². The Hall–Kier alpha value is -1.69. The zero-order valence-electron chi connectivity index (χ0n) is 10.5. The molecule has 1 atom stereocenters. The minimum atomic E-state index is -1.14. The number of rotatable bonds is 1. The number of aromatic hydroxyl groups is 1. The van der Waals surface area contributed by atoms with Crippen molar-refractivity contribution in [3.05, 3.63) is 29.3 Å². The van der Waals surface area contributed by atoms with E-state index in [9.17, 15) is 13.6 Å². The predicted molar refractivity (Wildman–Crippen MR) is 64.0 cm³/mol. The lowest BCUT2D eigenvalue weighted by Crippen LogP contribution is -2.39. The Morgan fingerprint density at radius 3 is 2.63 bits per heavy atom. The van der Waals surface area contributed by atoms with Gasteiger partial charge in [-0.05, 0) is 25.5 Å². The number of ether oxygens (including phenoxy) is 1. The Morgan fingerprint density at radius 1 is 1.37 bits per heavy atom. The first-order chi connectivity index (χ1) is 9.00. The van der Waals surface area contributed by atoms with Gasteiger partial charge in [-0.3, -0.25) is 4.79 Å². The van der Waals surface area contributed by atoms with Crippen molar-refractivity contribution in [1.29, 1.82) is 0 Å². The maximum absolute atomic E-state index is 13.3. The third kappa shape index (κ3) is 2.84. The molecule has 1 heterocycles. The summed E-state index contributed by atoms with van der Waals surface area (Å²) in [6, 6.07) is 1.63. The molecule has 0 radical (unpaired) electrons. The standard InChI is InChI=1S/C13H15F2NO3/c1-8-2-4-19-5-3-16(8)13(18)9-6-10(14)12(17)11(15)7-9/h6-8,17H,2-5H2,1H3. The van der Waals surface area contributed by atoms with Crippen LogP contribution in [0.15, 0.2) is 12.1 Å². The van der Waals surface area contributed by atoms with Gasteiger partial charge in [0.05, 0.1) is 6.61 Å². The monoisotopic (exact) mass is 271 g/mol. The van der Waals surface area contributed by atoms with E-state index in [2.05, 4.69) is 0 Å². The molecular formula is C13H15F2NO3. The van der Waals surface area contributed by atoms with Gasteiger partial charge in [0.1, 0.15) is 0 Å². The quantitative estimate of drug-likeness (QED) is 0.849. The van der Waals surface area contributed by atoms with Crippen LogP contribution in [0.2, 0.25) is 0 Å². The van der Waals surface area contributed by atoms with Crippen LogP contribution in [-0.4, -0.2) is 41.7 Å². The summed E-state index contributed by atoms with van der Waals surface area (Å²) in [6.07, 6.45) is 0.675. The number of benzene rings is 1. The summed E-state index contributed by atoms with van der Waals surface area (Å²) in [4.78, 5) is 13.8. The molecule has 0 aliphatic carbocycles. The fourth-order valence-corrected chi connectivity index (χ4v) is 2.05. The second-order valence-corrected chi connectivity index (χ2v) is 4.54. The third-order valence-corrected chi connectivity index (χ3v) is 3.21. The van der Waals surface area contributed by atoms with Crippen molar-refractivity contribution >= 4 is 5.91 Å². The molecule has 104 valence electrons. The van der Waals surface area contributed by atoms with Crippen molar-refractivity contribution in [3.63, 3.8) is 0 Å². The van der Waals surface area contributed by atoms with Crippen LogP contribution >= 0.6 is 0 Å². The van der Waals surface area contributed by atoms with E-state index in [0.29, 0.717) is 26.2 Å². The summed E-state index contributed by atoms with van der Waals surface area (Å²) in [5.74, 6) is -3.80. The molecule has 1 aromatic rings. The Labute approximate surface area is 109 Å². The SMILES string of the molecule is CC1CCOCCN1C(=O)c1cc(F)c(O)c(F)c1. The maximum atomic E-state index is 13.3. The van der Waals surface area contributed by atoms with Crippen LogP contribution in [0.5, 0.6) is 5.75 Å². The number of hydrogen-bond acceptors (Lipinski definition) is 3. The highest BCUT2D eigenvalue weighted by molar-refractivity contribution is 5.94. The maximum Gasteiger partial charge on any atom is 0.254 e. The molecule has 1 aliphatic rings. The average Bonchev–Trinajstić information content (AvgIpc) is 2.59. The first-order valence-electron chi connectivity index (χ1n) is 6.07. The second kappa shape index (κ2) is 5.52. The van der Waals surface area contributed by atoms with Gasteiger partial charge < -0.3 is 14.7 Å². The molecule has 0 bridgehead atoms. The Kier molecular flexibility index (Phi) is 3.99. The van der Waals surface area contributed by atoms with Crippen molar-refractivity contribution < 1.29 is 23.4 Å². The number of phenolic OH excluding ortho intramolecular Hbond substituents is 1. The van der Waals surface area contributed by atoms with Crippen LogP contribution < -0.4 is 0 Å². The lowest BCUT2D eigenvalue weighted by atomic mass is 10.1. The molecule has 6 heteroatoms. The summed E-state index contributed by atoms with van der Waals surface area (Å²) in [5.41, 5.74) is -0.110. The minimum Gasteiger partial charge on any atom is -0.503 e. The largest absolute Gasteiger partial charge is 0.503 e. The molecular weight excluding hydrogens is 256 g/mol. The molecule has 0 aromatic heterocycles. The van der Waals surface area contributed by atoms with Crippen molar-refractivity contribution in [3.8, 4) is 5.75 Å². The van der Waals surface area contributed by atoms with Crippen molar-refractivity contribution in [2.75, 3.05) is 19.8 Å². The first-order valence-corrected chi connectivity index (χ1v) is 6.07. The van der Waals surface area contributed by atoms with E-state index in [-0.39, 0.29) is 11.6 Å². The van der Waals surface area contributed by atoms with Crippen LogP contribution in [-0.2, 0) is 4.74 Å². The van der Waals surface area contributed by atoms with Gasteiger partial charge in [-0.2, -0.15) is 0 Å². The van der Waals surface area contributed by atoms with E-state index in [1.54, 1.807) is 0 Å². The Bertz CT molecular complexity index is 470. The minimum absolute atomic E-state index is 0.0603. The highest BCUT2D eigenvalue weighted by Gasteiger charge is 2.25. The molecule has 2 rings (SSSR count). The summed E-state index contributed by atoms with van der Waals surface area (Å²) in [6.45, 7) is 3.20.